The van der Waals surface area contributed by atoms with Crippen molar-refractivity contribution in [3.8, 4) is 5.75 Å². The predicted octanol–water partition coefficient (Wildman–Crippen LogP) is 5.24. The topological polar surface area (TPSA) is 41.5 Å². The van der Waals surface area contributed by atoms with Crippen molar-refractivity contribution in [3.63, 3.8) is 0 Å². The third-order valence-corrected chi connectivity index (χ3v) is 6.60. The van der Waals surface area contributed by atoms with Gasteiger partial charge in [-0.1, -0.05) is 92.7 Å². The van der Waals surface area contributed by atoms with Crippen molar-refractivity contribution in [2.24, 2.45) is 11.8 Å². The van der Waals surface area contributed by atoms with Gasteiger partial charge >= 0.3 is 0 Å². The fourth-order valence-electron chi connectivity index (χ4n) is 4.96. The Morgan fingerprint density at radius 3 is 1.66 bits per heavy atom. The summed E-state index contributed by atoms with van der Waals surface area (Å²) >= 11 is 0. The maximum absolute atomic E-state index is 12.3. The van der Waals surface area contributed by atoms with E-state index in [0.29, 0.717) is 0 Å². The second kappa shape index (κ2) is 8.02. The molecule has 0 radical (unpaired) electrons. The Bertz CT molecular complexity index is 890. The smallest absolute Gasteiger partial charge is 0.124 e. The fourth-order valence-corrected chi connectivity index (χ4v) is 4.96. The molecule has 4 rings (SSSR count). The zero-order valence-electron chi connectivity index (χ0n) is 17.2. The van der Waals surface area contributed by atoms with Crippen LogP contribution in [0.15, 0.2) is 84.9 Å². The van der Waals surface area contributed by atoms with Gasteiger partial charge < -0.3 is 15.2 Å². The summed E-state index contributed by atoms with van der Waals surface area (Å²) in [6.45, 7) is 4.27. The molecule has 0 saturated carbocycles. The molecule has 0 bridgehead atoms. The number of nitrogens with one attached hydrogen (secondary N) is 1. The van der Waals surface area contributed by atoms with Gasteiger partial charge in [-0.25, -0.2) is 0 Å². The highest BCUT2D eigenvalue weighted by atomic mass is 16.5. The first kappa shape index (κ1) is 19.7. The number of aliphatic hydroxyl groups is 1. The van der Waals surface area contributed by atoms with E-state index < -0.39 is 5.60 Å². The summed E-state index contributed by atoms with van der Waals surface area (Å²) in [6.07, 6.45) is 0. The van der Waals surface area contributed by atoms with E-state index in [0.717, 1.165) is 11.3 Å². The van der Waals surface area contributed by atoms with E-state index in [1.807, 2.05) is 36.4 Å². The first-order valence-electron chi connectivity index (χ1n) is 10.3. The molecule has 3 aromatic rings. The summed E-state index contributed by atoms with van der Waals surface area (Å²) in [5.41, 5.74) is 2.16. The van der Waals surface area contributed by atoms with Gasteiger partial charge in [0.05, 0.1) is 7.11 Å². The molecular formula is C26H29NO2. The first-order chi connectivity index (χ1) is 14.1. The Morgan fingerprint density at radius 2 is 1.17 bits per heavy atom. The Kier molecular flexibility index (Phi) is 5.44. The number of hydrogen-bond donors (Lipinski definition) is 2. The van der Waals surface area contributed by atoms with Crippen LogP contribution in [-0.4, -0.2) is 12.2 Å². The molecule has 29 heavy (non-hydrogen) atoms. The molecule has 3 heteroatoms. The summed E-state index contributed by atoms with van der Waals surface area (Å²) < 4.78 is 5.66. The van der Waals surface area contributed by atoms with Gasteiger partial charge in [0, 0.05) is 29.5 Å². The number of piperidine rings is 1. The molecule has 1 aliphatic rings. The average molecular weight is 388 g/mol. The second-order valence-corrected chi connectivity index (χ2v) is 8.05. The van der Waals surface area contributed by atoms with Crippen LogP contribution in [0.1, 0.15) is 42.6 Å². The monoisotopic (exact) mass is 387 g/mol. The molecular weight excluding hydrogens is 358 g/mol. The Hall–Kier alpha value is -2.62. The minimum absolute atomic E-state index is 0.00696. The molecule has 1 heterocycles. The van der Waals surface area contributed by atoms with E-state index in [1.165, 1.54) is 11.1 Å². The van der Waals surface area contributed by atoms with Gasteiger partial charge in [-0.3, -0.25) is 0 Å². The molecule has 0 spiro atoms. The van der Waals surface area contributed by atoms with Crippen LogP contribution in [0.2, 0.25) is 0 Å². The number of hydrogen-bond acceptors (Lipinski definition) is 3. The van der Waals surface area contributed by atoms with Crippen molar-refractivity contribution in [1.82, 2.24) is 5.32 Å². The zero-order valence-corrected chi connectivity index (χ0v) is 17.2. The highest BCUT2D eigenvalue weighted by Crippen LogP contribution is 2.53. The number of benzene rings is 3. The summed E-state index contributed by atoms with van der Waals surface area (Å²) in [4.78, 5) is 0. The van der Waals surface area contributed by atoms with E-state index in [1.54, 1.807) is 7.11 Å². The molecule has 150 valence electrons. The van der Waals surface area contributed by atoms with Crippen molar-refractivity contribution in [3.05, 3.63) is 102 Å². The minimum Gasteiger partial charge on any atom is -0.496 e. The third-order valence-electron chi connectivity index (χ3n) is 6.60. The largest absolute Gasteiger partial charge is 0.496 e. The predicted molar refractivity (Wildman–Crippen MR) is 117 cm³/mol. The van der Waals surface area contributed by atoms with Gasteiger partial charge in [-0.15, -0.1) is 0 Å². The molecule has 3 nitrogen and oxygen atoms in total. The van der Waals surface area contributed by atoms with E-state index in [-0.39, 0.29) is 23.9 Å². The van der Waals surface area contributed by atoms with Gasteiger partial charge in [-0.05, 0) is 17.2 Å². The first-order valence-corrected chi connectivity index (χ1v) is 10.3. The van der Waals surface area contributed by atoms with Crippen LogP contribution in [-0.2, 0) is 5.60 Å². The lowest BCUT2D eigenvalue weighted by Crippen LogP contribution is -2.55. The zero-order chi connectivity index (χ0) is 20.4. The number of ether oxygens (including phenoxy) is 1. The van der Waals surface area contributed by atoms with Gasteiger partial charge in [0.25, 0.3) is 0 Å². The standard InChI is InChI=1S/C26H29NO2/c1-18-24(20-12-6-4-7-13-20)27-25(21-14-8-5-9-15-21)19(2)26(18,28)22-16-10-11-17-23(22)29-3/h4-19,24-25,27-28H,1-3H3. The van der Waals surface area contributed by atoms with Crippen LogP contribution in [0.25, 0.3) is 0 Å². The lowest BCUT2D eigenvalue weighted by molar-refractivity contribution is -0.119. The molecule has 0 amide bonds. The molecule has 0 aliphatic carbocycles. The Morgan fingerprint density at radius 1 is 0.724 bits per heavy atom. The molecule has 1 saturated heterocycles. The number of para-hydroxylation sites is 1. The van der Waals surface area contributed by atoms with Gasteiger partial charge in [0.15, 0.2) is 0 Å². The maximum Gasteiger partial charge on any atom is 0.124 e. The Balaban J connectivity index is 1.88. The maximum atomic E-state index is 12.3. The van der Waals surface area contributed by atoms with Crippen molar-refractivity contribution < 1.29 is 9.84 Å². The summed E-state index contributed by atoms with van der Waals surface area (Å²) in [7, 11) is 1.67. The van der Waals surface area contributed by atoms with Gasteiger partial charge in [0.2, 0.25) is 0 Å². The van der Waals surface area contributed by atoms with Crippen LogP contribution in [0.5, 0.6) is 5.75 Å². The number of methoxy groups -OCH3 is 1. The van der Waals surface area contributed by atoms with Gasteiger partial charge in [0.1, 0.15) is 11.4 Å². The fraction of sp³-hybridized carbons (Fsp3) is 0.308. The molecule has 3 aromatic carbocycles. The second-order valence-electron chi connectivity index (χ2n) is 8.05. The molecule has 4 atom stereocenters. The summed E-state index contributed by atoms with van der Waals surface area (Å²) in [5, 5.41) is 16.2. The quantitative estimate of drug-likeness (QED) is 0.643. The highest BCUT2D eigenvalue weighted by molar-refractivity contribution is 5.42. The normalized spacial score (nSPS) is 29.4. The molecule has 2 N–H and O–H groups in total. The number of rotatable bonds is 4. The minimum atomic E-state index is -1.06. The van der Waals surface area contributed by atoms with Crippen LogP contribution in [0, 0.1) is 11.8 Å². The van der Waals surface area contributed by atoms with Gasteiger partial charge in [-0.2, -0.15) is 0 Å². The molecule has 1 fully saturated rings. The lowest BCUT2D eigenvalue weighted by atomic mass is 9.63. The molecule has 4 unspecified atom stereocenters. The third kappa shape index (κ3) is 3.35. The van der Waals surface area contributed by atoms with E-state index in [9.17, 15) is 5.11 Å². The summed E-state index contributed by atoms with van der Waals surface area (Å²) in [5.74, 6) is 0.613. The van der Waals surface area contributed by atoms with Crippen LogP contribution in [0.3, 0.4) is 0 Å². The van der Waals surface area contributed by atoms with Crippen LogP contribution >= 0.6 is 0 Å². The van der Waals surface area contributed by atoms with Crippen LogP contribution in [0.4, 0.5) is 0 Å². The Labute approximate surface area is 173 Å². The van der Waals surface area contributed by atoms with Crippen LogP contribution < -0.4 is 10.1 Å². The highest BCUT2D eigenvalue weighted by Gasteiger charge is 2.53. The van der Waals surface area contributed by atoms with Crippen molar-refractivity contribution in [2.75, 3.05) is 7.11 Å². The van der Waals surface area contributed by atoms with E-state index in [2.05, 4.69) is 67.7 Å². The average Bonchev–Trinajstić information content (AvgIpc) is 2.79. The SMILES string of the molecule is COc1ccccc1C1(O)C(C)C(c2ccccc2)NC(c2ccccc2)C1C. The van der Waals surface area contributed by atoms with Crippen molar-refractivity contribution in [2.45, 2.75) is 31.5 Å². The van der Waals surface area contributed by atoms with Crippen molar-refractivity contribution >= 4 is 0 Å². The van der Waals surface area contributed by atoms with Crippen molar-refractivity contribution in [1.29, 1.82) is 0 Å². The van der Waals surface area contributed by atoms with E-state index in [4.69, 9.17) is 4.74 Å². The molecule has 0 aromatic heterocycles. The van der Waals surface area contributed by atoms with E-state index >= 15 is 0 Å². The lowest BCUT2D eigenvalue weighted by Gasteiger charge is -2.52. The molecule has 1 aliphatic heterocycles. The summed E-state index contributed by atoms with van der Waals surface area (Å²) in [6, 6.07) is 28.7.